The van der Waals surface area contributed by atoms with Gasteiger partial charge in [0, 0.05) is 17.0 Å². The molecule has 8 heteroatoms. The van der Waals surface area contributed by atoms with Gasteiger partial charge in [-0.2, -0.15) is 4.39 Å². The van der Waals surface area contributed by atoms with Crippen LogP contribution in [0.15, 0.2) is 36.4 Å². The van der Waals surface area contributed by atoms with E-state index in [1.54, 1.807) is 19.1 Å². The molecule has 1 saturated heterocycles. The lowest BCUT2D eigenvalue weighted by atomic mass is 9.88. The maximum atomic E-state index is 14.9. The van der Waals surface area contributed by atoms with Crippen LogP contribution in [0.3, 0.4) is 0 Å². The minimum atomic E-state index is -1.32. The summed E-state index contributed by atoms with van der Waals surface area (Å²) in [6.45, 7) is 3.84. The van der Waals surface area contributed by atoms with E-state index in [2.05, 4.69) is 0 Å². The summed E-state index contributed by atoms with van der Waals surface area (Å²) in [5.41, 5.74) is -0.0476. The first-order valence-electron chi connectivity index (χ1n) is 12.9. The van der Waals surface area contributed by atoms with Gasteiger partial charge in [0.2, 0.25) is 5.82 Å². The Morgan fingerprint density at radius 1 is 0.711 bits per heavy atom. The normalized spacial score (nSPS) is 17.6. The zero-order valence-electron chi connectivity index (χ0n) is 21.4. The predicted octanol–water partition coefficient (Wildman–Crippen LogP) is 8.43. The Bertz CT molecular complexity index is 1280. The van der Waals surface area contributed by atoms with Crippen LogP contribution in [0.25, 0.3) is 11.1 Å². The molecule has 3 aromatic rings. The van der Waals surface area contributed by atoms with E-state index in [-0.39, 0.29) is 48.5 Å². The highest BCUT2D eigenvalue weighted by atomic mass is 19.2. The second-order valence-corrected chi connectivity index (χ2v) is 9.53. The van der Waals surface area contributed by atoms with Gasteiger partial charge in [0.15, 0.2) is 34.8 Å². The monoisotopic (exact) mass is 536 g/mol. The molecule has 0 saturated carbocycles. The van der Waals surface area contributed by atoms with Crippen molar-refractivity contribution in [1.29, 1.82) is 0 Å². The molecule has 3 aromatic carbocycles. The SMILES string of the molecule is CCCc1ccc(C2CCC(CCc3ccc(-c4ccc(OCC)c(F)c4F)c(F)c3F)OC2)c(F)c1F. The summed E-state index contributed by atoms with van der Waals surface area (Å²) in [6, 6.07) is 8.15. The Labute approximate surface area is 218 Å². The van der Waals surface area contributed by atoms with Gasteiger partial charge in [-0.3, -0.25) is 0 Å². The molecule has 2 atom stereocenters. The quantitative estimate of drug-likeness (QED) is 0.256. The van der Waals surface area contributed by atoms with Crippen LogP contribution in [0.2, 0.25) is 0 Å². The Balaban J connectivity index is 1.39. The molecule has 1 aliphatic rings. The van der Waals surface area contributed by atoms with Crippen molar-refractivity contribution in [3.63, 3.8) is 0 Å². The number of hydrogen-bond donors (Lipinski definition) is 0. The minimum Gasteiger partial charge on any atom is -0.491 e. The maximum absolute atomic E-state index is 14.9. The Morgan fingerprint density at radius 3 is 2.00 bits per heavy atom. The third-order valence-electron chi connectivity index (χ3n) is 7.06. The van der Waals surface area contributed by atoms with Gasteiger partial charge in [-0.1, -0.05) is 37.6 Å². The van der Waals surface area contributed by atoms with Gasteiger partial charge < -0.3 is 9.47 Å². The molecule has 0 bridgehead atoms. The average molecular weight is 537 g/mol. The lowest BCUT2D eigenvalue weighted by molar-refractivity contribution is -0.00139. The van der Waals surface area contributed by atoms with Crippen molar-refractivity contribution >= 4 is 0 Å². The molecular weight excluding hydrogens is 506 g/mol. The number of hydrogen-bond acceptors (Lipinski definition) is 2. The zero-order chi connectivity index (χ0) is 27.4. The zero-order valence-corrected chi connectivity index (χ0v) is 21.4. The molecule has 2 unspecified atom stereocenters. The van der Waals surface area contributed by atoms with E-state index in [9.17, 15) is 26.3 Å². The van der Waals surface area contributed by atoms with Crippen LogP contribution >= 0.6 is 0 Å². The second kappa shape index (κ2) is 12.2. The van der Waals surface area contributed by atoms with Gasteiger partial charge >= 0.3 is 0 Å². The molecule has 2 nitrogen and oxygen atoms in total. The van der Waals surface area contributed by atoms with Gasteiger partial charge in [0.25, 0.3) is 0 Å². The van der Waals surface area contributed by atoms with Crippen LogP contribution in [-0.4, -0.2) is 19.3 Å². The van der Waals surface area contributed by atoms with Gasteiger partial charge in [0.1, 0.15) is 0 Å². The summed E-state index contributed by atoms with van der Waals surface area (Å²) >= 11 is 0. The Kier molecular flexibility index (Phi) is 9.03. The first-order chi connectivity index (χ1) is 18.3. The summed E-state index contributed by atoms with van der Waals surface area (Å²) in [5.74, 6) is -7.20. The van der Waals surface area contributed by atoms with E-state index in [0.29, 0.717) is 43.2 Å². The van der Waals surface area contributed by atoms with Crippen molar-refractivity contribution in [2.24, 2.45) is 0 Å². The molecule has 38 heavy (non-hydrogen) atoms. The van der Waals surface area contributed by atoms with Gasteiger partial charge in [-0.05, 0) is 67.9 Å². The molecule has 1 aliphatic heterocycles. The molecule has 0 aromatic heterocycles. The highest BCUT2D eigenvalue weighted by Crippen LogP contribution is 2.35. The topological polar surface area (TPSA) is 18.5 Å². The maximum Gasteiger partial charge on any atom is 0.201 e. The summed E-state index contributed by atoms with van der Waals surface area (Å²) in [4.78, 5) is 0. The lowest BCUT2D eigenvalue weighted by Crippen LogP contribution is -2.26. The van der Waals surface area contributed by atoms with E-state index in [4.69, 9.17) is 9.47 Å². The van der Waals surface area contributed by atoms with Crippen LogP contribution in [-0.2, 0) is 17.6 Å². The molecule has 1 fully saturated rings. The van der Waals surface area contributed by atoms with Crippen molar-refractivity contribution in [2.75, 3.05) is 13.2 Å². The van der Waals surface area contributed by atoms with Crippen molar-refractivity contribution in [2.45, 2.75) is 64.4 Å². The average Bonchev–Trinajstić information content (AvgIpc) is 2.92. The van der Waals surface area contributed by atoms with Crippen molar-refractivity contribution in [3.05, 3.63) is 88.0 Å². The number of benzene rings is 3. The fourth-order valence-corrected chi connectivity index (χ4v) is 4.97. The molecule has 0 aliphatic carbocycles. The summed E-state index contributed by atoms with van der Waals surface area (Å²) in [5, 5.41) is 0. The first-order valence-corrected chi connectivity index (χ1v) is 12.9. The van der Waals surface area contributed by atoms with Gasteiger partial charge in [-0.15, -0.1) is 0 Å². The van der Waals surface area contributed by atoms with Crippen molar-refractivity contribution in [3.8, 4) is 16.9 Å². The molecule has 4 rings (SSSR count). The highest BCUT2D eigenvalue weighted by molar-refractivity contribution is 5.66. The third kappa shape index (κ3) is 5.70. The summed E-state index contributed by atoms with van der Waals surface area (Å²) in [7, 11) is 0. The Hall–Kier alpha value is -3.00. The van der Waals surface area contributed by atoms with Gasteiger partial charge in [-0.25, -0.2) is 22.0 Å². The minimum absolute atomic E-state index is 0.0865. The number of aryl methyl sites for hydroxylation is 2. The first kappa shape index (κ1) is 28.0. The second-order valence-electron chi connectivity index (χ2n) is 9.53. The molecule has 204 valence electrons. The molecule has 0 amide bonds. The number of rotatable bonds is 9. The number of halogens is 6. The summed E-state index contributed by atoms with van der Waals surface area (Å²) in [6.07, 6.45) is 2.62. The molecule has 0 spiro atoms. The molecule has 0 N–H and O–H groups in total. The van der Waals surface area contributed by atoms with Gasteiger partial charge in [0.05, 0.1) is 19.3 Å². The fraction of sp³-hybridized carbons (Fsp3) is 0.400. The van der Waals surface area contributed by atoms with Crippen LogP contribution in [0.1, 0.15) is 62.1 Å². The van der Waals surface area contributed by atoms with Crippen molar-refractivity contribution in [1.82, 2.24) is 0 Å². The van der Waals surface area contributed by atoms with Crippen molar-refractivity contribution < 1.29 is 35.8 Å². The Morgan fingerprint density at radius 2 is 1.34 bits per heavy atom. The standard InChI is InChI=1S/C30H30F6O2/c1-3-5-17-8-12-21(27(33)25(17)31)19-7-11-20(38-16-19)10-6-18-9-13-22(28(34)26(18)32)23-14-15-24(37-4-2)30(36)29(23)35/h8-9,12-15,19-20H,3-7,10-11,16H2,1-2H3. The third-order valence-corrected chi connectivity index (χ3v) is 7.06. The van der Waals surface area contributed by atoms with E-state index in [1.807, 2.05) is 6.92 Å². The largest absolute Gasteiger partial charge is 0.491 e. The molecule has 1 heterocycles. The predicted molar refractivity (Wildman–Crippen MR) is 133 cm³/mol. The lowest BCUT2D eigenvalue weighted by Gasteiger charge is -2.30. The fourth-order valence-electron chi connectivity index (χ4n) is 4.97. The summed E-state index contributed by atoms with van der Waals surface area (Å²) < 4.78 is 98.3. The van der Waals surface area contributed by atoms with Crippen LogP contribution in [0.4, 0.5) is 26.3 Å². The van der Waals surface area contributed by atoms with Crippen LogP contribution in [0.5, 0.6) is 5.75 Å². The van der Waals surface area contributed by atoms with Crippen LogP contribution in [0, 0.1) is 34.9 Å². The van der Waals surface area contributed by atoms with E-state index in [1.165, 1.54) is 18.2 Å². The van der Waals surface area contributed by atoms with E-state index in [0.717, 1.165) is 6.07 Å². The number of ether oxygens (including phenoxy) is 2. The smallest absolute Gasteiger partial charge is 0.201 e. The van der Waals surface area contributed by atoms with Crippen LogP contribution < -0.4 is 4.74 Å². The molecular formula is C30H30F6O2. The molecule has 0 radical (unpaired) electrons. The van der Waals surface area contributed by atoms with E-state index >= 15 is 0 Å². The highest BCUT2D eigenvalue weighted by Gasteiger charge is 2.27. The van der Waals surface area contributed by atoms with E-state index < -0.39 is 40.5 Å².